The third kappa shape index (κ3) is 5.96. The molecule has 0 bridgehead atoms. The number of nitrogens with zero attached hydrogens (tertiary/aromatic N) is 1. The van der Waals surface area contributed by atoms with Crippen LogP contribution in [0.25, 0.3) is 0 Å². The van der Waals surface area contributed by atoms with Crippen LogP contribution in [0.15, 0.2) is 24.3 Å². The van der Waals surface area contributed by atoms with Gasteiger partial charge in [0.2, 0.25) is 5.91 Å². The normalized spacial score (nSPS) is 16.6. The molecule has 2 rings (SSSR count). The number of rotatable bonds is 4. The second kappa shape index (κ2) is 8.74. The fraction of sp³-hybridized carbons (Fsp3) is 0.550. The van der Waals surface area contributed by atoms with Gasteiger partial charge < -0.3 is 15.0 Å². The zero-order valence-corrected chi connectivity index (χ0v) is 17.0. The van der Waals surface area contributed by atoms with Gasteiger partial charge in [0.25, 0.3) is 5.91 Å². The van der Waals surface area contributed by atoms with Crippen molar-refractivity contribution in [3.8, 4) is 0 Å². The van der Waals surface area contributed by atoms with E-state index in [1.807, 2.05) is 20.8 Å². The number of hydrogen-bond acceptors (Lipinski definition) is 4. The third-order valence-electron chi connectivity index (χ3n) is 4.53. The van der Waals surface area contributed by atoms with E-state index in [1.54, 1.807) is 36.1 Å². The molecular weight excluding hydrogens is 368 g/mol. The molecule has 1 fully saturated rings. The molecule has 1 aromatic carbocycles. The molecule has 148 valence electrons. The van der Waals surface area contributed by atoms with Crippen LogP contribution in [0.3, 0.4) is 0 Å². The molecule has 1 unspecified atom stereocenters. The minimum Gasteiger partial charge on any atom is -0.452 e. The highest BCUT2D eigenvalue weighted by atomic mass is 35.5. The van der Waals surface area contributed by atoms with Crippen molar-refractivity contribution in [3.05, 3.63) is 29.3 Å². The van der Waals surface area contributed by atoms with Crippen molar-refractivity contribution in [3.63, 3.8) is 0 Å². The lowest BCUT2D eigenvalue weighted by molar-refractivity contribution is -0.160. The molecule has 1 aliphatic rings. The van der Waals surface area contributed by atoms with Crippen molar-refractivity contribution in [1.29, 1.82) is 0 Å². The maximum atomic E-state index is 12.4. The molecule has 1 heterocycles. The lowest BCUT2D eigenvalue weighted by Gasteiger charge is -2.35. The summed E-state index contributed by atoms with van der Waals surface area (Å²) in [6, 6.07) is 6.69. The quantitative estimate of drug-likeness (QED) is 0.793. The smallest absolute Gasteiger partial charge is 0.309 e. The summed E-state index contributed by atoms with van der Waals surface area (Å²) in [4.78, 5) is 38.7. The molecular formula is C20H27ClN2O4. The summed E-state index contributed by atoms with van der Waals surface area (Å²) in [5.41, 5.74) is 0.156. The van der Waals surface area contributed by atoms with E-state index in [0.717, 1.165) is 0 Å². The number of amides is 2. The van der Waals surface area contributed by atoms with E-state index >= 15 is 0 Å². The summed E-state index contributed by atoms with van der Waals surface area (Å²) in [7, 11) is 0. The molecule has 1 aliphatic heterocycles. The van der Waals surface area contributed by atoms with Crippen LogP contribution in [0.4, 0.5) is 5.69 Å². The van der Waals surface area contributed by atoms with Crippen molar-refractivity contribution < 1.29 is 19.1 Å². The molecule has 7 heteroatoms. The minimum absolute atomic E-state index is 0.0880. The van der Waals surface area contributed by atoms with E-state index in [0.29, 0.717) is 36.6 Å². The van der Waals surface area contributed by atoms with Crippen LogP contribution in [0.5, 0.6) is 0 Å². The molecule has 27 heavy (non-hydrogen) atoms. The zero-order chi connectivity index (χ0) is 20.2. The SMILES string of the molecule is CC(OC(=O)C1CCN(C(=O)C(C)(C)C)CC1)C(=O)Nc1ccc(Cl)cc1. The Kier molecular flexibility index (Phi) is 6.87. The Labute approximate surface area is 165 Å². The highest BCUT2D eigenvalue weighted by molar-refractivity contribution is 6.30. The summed E-state index contributed by atoms with van der Waals surface area (Å²) in [6.45, 7) is 8.26. The van der Waals surface area contributed by atoms with Crippen LogP contribution >= 0.6 is 11.6 Å². The van der Waals surface area contributed by atoms with Gasteiger partial charge in [0.15, 0.2) is 6.10 Å². The van der Waals surface area contributed by atoms with Gasteiger partial charge in [0, 0.05) is 29.2 Å². The number of nitrogens with one attached hydrogen (secondary N) is 1. The van der Waals surface area contributed by atoms with Crippen molar-refractivity contribution in [2.24, 2.45) is 11.3 Å². The first-order valence-electron chi connectivity index (χ1n) is 9.14. The van der Waals surface area contributed by atoms with Crippen LogP contribution in [-0.2, 0) is 19.1 Å². The van der Waals surface area contributed by atoms with Gasteiger partial charge in [0.1, 0.15) is 0 Å². The highest BCUT2D eigenvalue weighted by Gasteiger charge is 2.33. The number of hydrogen-bond donors (Lipinski definition) is 1. The monoisotopic (exact) mass is 394 g/mol. The molecule has 6 nitrogen and oxygen atoms in total. The predicted molar refractivity (Wildman–Crippen MR) is 104 cm³/mol. The van der Waals surface area contributed by atoms with E-state index in [9.17, 15) is 14.4 Å². The standard InChI is InChI=1S/C20H27ClN2O4/c1-13(17(24)22-16-7-5-15(21)6-8-16)27-18(25)14-9-11-23(12-10-14)19(26)20(2,3)4/h5-8,13-14H,9-12H2,1-4H3,(H,22,24). The molecule has 0 aromatic heterocycles. The number of anilines is 1. The summed E-state index contributed by atoms with van der Waals surface area (Å²) < 4.78 is 5.33. The van der Waals surface area contributed by atoms with E-state index in [4.69, 9.17) is 16.3 Å². The number of halogens is 1. The Morgan fingerprint density at radius 2 is 1.70 bits per heavy atom. The molecule has 1 aromatic rings. The van der Waals surface area contributed by atoms with Gasteiger partial charge in [-0.25, -0.2) is 0 Å². The second-order valence-corrected chi connectivity index (χ2v) is 8.33. The summed E-state index contributed by atoms with van der Waals surface area (Å²) in [5.74, 6) is -0.993. The topological polar surface area (TPSA) is 75.7 Å². The predicted octanol–water partition coefficient (Wildman–Crippen LogP) is 3.49. The molecule has 0 saturated carbocycles. The minimum atomic E-state index is -0.901. The second-order valence-electron chi connectivity index (χ2n) is 7.89. The van der Waals surface area contributed by atoms with Crippen LogP contribution in [-0.4, -0.2) is 41.9 Å². The Morgan fingerprint density at radius 1 is 1.15 bits per heavy atom. The highest BCUT2D eigenvalue weighted by Crippen LogP contribution is 2.24. The lowest BCUT2D eigenvalue weighted by Crippen LogP contribution is -2.45. The van der Waals surface area contributed by atoms with E-state index in [-0.39, 0.29) is 11.8 Å². The van der Waals surface area contributed by atoms with E-state index < -0.39 is 23.4 Å². The number of carbonyl (C=O) groups excluding carboxylic acids is 3. The molecule has 0 spiro atoms. The summed E-state index contributed by atoms with van der Waals surface area (Å²) in [6.07, 6.45) is 0.195. The average Bonchev–Trinajstić information content (AvgIpc) is 2.62. The average molecular weight is 395 g/mol. The van der Waals surface area contributed by atoms with Crippen molar-refractivity contribution in [1.82, 2.24) is 4.90 Å². The molecule has 1 atom stereocenters. The summed E-state index contributed by atoms with van der Waals surface area (Å²) >= 11 is 5.81. The van der Waals surface area contributed by atoms with Gasteiger partial charge in [-0.2, -0.15) is 0 Å². The Hall–Kier alpha value is -2.08. The number of carbonyl (C=O) groups is 3. The van der Waals surface area contributed by atoms with Gasteiger partial charge in [-0.3, -0.25) is 14.4 Å². The third-order valence-corrected chi connectivity index (χ3v) is 4.78. The molecule has 0 radical (unpaired) electrons. The number of likely N-dealkylation sites (tertiary alicyclic amines) is 1. The largest absolute Gasteiger partial charge is 0.452 e. The van der Waals surface area contributed by atoms with E-state index in [1.165, 1.54) is 0 Å². The van der Waals surface area contributed by atoms with Gasteiger partial charge in [-0.1, -0.05) is 32.4 Å². The number of esters is 1. The summed E-state index contributed by atoms with van der Waals surface area (Å²) in [5, 5.41) is 3.26. The van der Waals surface area contributed by atoms with E-state index in [2.05, 4.69) is 5.32 Å². The number of benzene rings is 1. The Morgan fingerprint density at radius 3 is 2.22 bits per heavy atom. The fourth-order valence-corrected chi connectivity index (χ4v) is 3.02. The van der Waals surface area contributed by atoms with Gasteiger partial charge in [-0.15, -0.1) is 0 Å². The molecule has 1 saturated heterocycles. The van der Waals surface area contributed by atoms with Gasteiger partial charge >= 0.3 is 5.97 Å². The lowest BCUT2D eigenvalue weighted by atomic mass is 9.91. The van der Waals surface area contributed by atoms with Crippen molar-refractivity contribution in [2.75, 3.05) is 18.4 Å². The van der Waals surface area contributed by atoms with Gasteiger partial charge in [-0.05, 0) is 44.0 Å². The van der Waals surface area contributed by atoms with Crippen LogP contribution in [0.1, 0.15) is 40.5 Å². The number of ether oxygens (including phenoxy) is 1. The Balaban J connectivity index is 1.82. The van der Waals surface area contributed by atoms with Crippen LogP contribution in [0, 0.1) is 11.3 Å². The first kappa shape index (κ1) is 21.2. The molecule has 0 aliphatic carbocycles. The van der Waals surface area contributed by atoms with Crippen LogP contribution < -0.4 is 5.32 Å². The maximum absolute atomic E-state index is 12.4. The molecule has 1 N–H and O–H groups in total. The first-order valence-corrected chi connectivity index (χ1v) is 9.52. The maximum Gasteiger partial charge on any atom is 0.309 e. The van der Waals surface area contributed by atoms with Crippen molar-refractivity contribution in [2.45, 2.75) is 46.6 Å². The first-order chi connectivity index (χ1) is 12.6. The molecule has 2 amide bonds. The van der Waals surface area contributed by atoms with Crippen LogP contribution in [0.2, 0.25) is 5.02 Å². The van der Waals surface area contributed by atoms with Crippen molar-refractivity contribution >= 4 is 35.1 Å². The van der Waals surface area contributed by atoms with Gasteiger partial charge in [0.05, 0.1) is 5.92 Å². The Bertz CT molecular complexity index is 689. The zero-order valence-electron chi connectivity index (χ0n) is 16.3. The fourth-order valence-electron chi connectivity index (χ4n) is 2.89. The number of piperidine rings is 1.